The summed E-state index contributed by atoms with van der Waals surface area (Å²) in [5.41, 5.74) is 0. The van der Waals surface area contributed by atoms with Crippen molar-refractivity contribution < 1.29 is 0 Å². The summed E-state index contributed by atoms with van der Waals surface area (Å²) < 4.78 is -0.0144. The minimum absolute atomic E-state index is 0.0144. The van der Waals surface area contributed by atoms with Crippen molar-refractivity contribution in [3.05, 3.63) is 243 Å². The highest BCUT2D eigenvalue weighted by molar-refractivity contribution is 7.87. The molecule has 0 bridgehead atoms. The predicted molar refractivity (Wildman–Crippen MR) is 258 cm³/mol. The van der Waals surface area contributed by atoms with E-state index in [9.17, 15) is 0 Å². The summed E-state index contributed by atoms with van der Waals surface area (Å²) in [5.74, 6) is 0. The van der Waals surface area contributed by atoms with Crippen molar-refractivity contribution in [1.82, 2.24) is 0 Å². The Balaban J connectivity index is 1.57. The molecule has 0 aliphatic carbocycles. The summed E-state index contributed by atoms with van der Waals surface area (Å²) in [6.45, 7) is 0. The number of hydrogen-bond acceptors (Lipinski definition) is 0. The first kappa shape index (κ1) is 36.9. The normalized spacial score (nSPS) is 18.3. The van der Waals surface area contributed by atoms with Crippen LogP contribution in [0.1, 0.15) is 25.7 Å². The molecule has 2 fully saturated rings. The minimum Gasteiger partial charge on any atom is -0.0628 e. The van der Waals surface area contributed by atoms with Crippen LogP contribution in [0.5, 0.6) is 0 Å². The fourth-order valence-corrected chi connectivity index (χ4v) is 83.1. The summed E-state index contributed by atoms with van der Waals surface area (Å²) >= 11 is 0. The quantitative estimate of drug-likeness (QED) is 0.139. The first-order valence-electron chi connectivity index (χ1n) is 21.2. The molecule has 0 unspecified atom stereocenters. The van der Waals surface area contributed by atoms with Gasteiger partial charge in [-0.15, -0.1) is 0 Å². The molecular formula is C54H50Si4. The zero-order valence-corrected chi connectivity index (χ0v) is 37.1. The molecule has 2 heterocycles. The Kier molecular flexibility index (Phi) is 9.61. The van der Waals surface area contributed by atoms with E-state index in [1.807, 2.05) is 0 Å². The minimum atomic E-state index is -3.13. The molecule has 2 aliphatic heterocycles. The van der Waals surface area contributed by atoms with Crippen LogP contribution in [0, 0.1) is 0 Å². The average Bonchev–Trinajstić information content (AvgIpc) is 3.89. The van der Waals surface area contributed by atoms with Crippen molar-refractivity contribution in [1.29, 1.82) is 0 Å². The van der Waals surface area contributed by atoms with Crippen molar-refractivity contribution in [3.8, 4) is 0 Å². The van der Waals surface area contributed by atoms with Gasteiger partial charge in [0, 0.05) is 0 Å². The highest BCUT2D eigenvalue weighted by Crippen LogP contribution is 2.74. The first-order chi connectivity index (χ1) is 28.8. The van der Waals surface area contributed by atoms with Gasteiger partial charge in [-0.05, 0) is 4.28 Å². The highest BCUT2D eigenvalue weighted by Gasteiger charge is 2.98. The van der Waals surface area contributed by atoms with Gasteiger partial charge in [0.15, 0.2) is 0 Å². The third-order valence-corrected chi connectivity index (χ3v) is 59.6. The fraction of sp³-hybridized carbons (Fsp3) is 0.111. The molecule has 2 aliphatic rings. The van der Waals surface area contributed by atoms with Crippen LogP contribution in [0.4, 0.5) is 0 Å². The molecule has 8 aromatic rings. The van der Waals surface area contributed by atoms with E-state index in [1.165, 1.54) is 31.7 Å². The average molecular weight is 811 g/mol. The standard InChI is InChI=1S/C54H50Si4/c1-10-28-46(29-11-1)55(47-30-12-2-13-31-47)45-27-9-26-44-54(56(55,48-32-14-3-15-33-48)49-34-16-4-17-35-49)57(50-36-18-5-19-37-50,51-38-20-6-21-39-51)58(54,52-40-22-7-23-41-52)53-42-24-8-25-43-53/h1-8,10-25,28-43H,9,26-27,44-45H2. The third kappa shape index (κ3) is 4.89. The highest BCUT2D eigenvalue weighted by atomic mass is 29.4. The lowest BCUT2D eigenvalue weighted by molar-refractivity contribution is 0.660. The van der Waals surface area contributed by atoms with Gasteiger partial charge in [-0.1, -0.05) is 316 Å². The van der Waals surface area contributed by atoms with E-state index in [4.69, 9.17) is 0 Å². The maximum atomic E-state index is 2.62. The van der Waals surface area contributed by atoms with E-state index in [0.717, 1.165) is 0 Å². The van der Waals surface area contributed by atoms with E-state index < -0.39 is 30.4 Å². The van der Waals surface area contributed by atoms with Crippen LogP contribution in [0.3, 0.4) is 0 Å². The first-order valence-corrected chi connectivity index (χ1v) is 31.4. The summed E-state index contributed by atoms with van der Waals surface area (Å²) in [6.07, 6.45) is 4.97. The lowest BCUT2D eigenvalue weighted by Gasteiger charge is -2.58. The monoisotopic (exact) mass is 810 g/mol. The molecular weight excluding hydrogens is 761 g/mol. The molecule has 2 saturated heterocycles. The zero-order chi connectivity index (χ0) is 38.9. The van der Waals surface area contributed by atoms with Gasteiger partial charge in [0.25, 0.3) is 0 Å². The van der Waals surface area contributed by atoms with Gasteiger partial charge in [-0.25, -0.2) is 0 Å². The SMILES string of the molecule is c1ccc([Si]2(c3ccccc3)CCCCCC3([Si]2(c2ccccc2)c2ccccc2)[Si](c2ccccc2)(c2ccccc2)[Si]3(c2ccccc2)c2ccccc2)cc1. The Hall–Kier alpha value is -5.37. The van der Waals surface area contributed by atoms with E-state index in [1.54, 1.807) is 41.5 Å². The zero-order valence-electron chi connectivity index (χ0n) is 33.1. The molecule has 1 spiro atoms. The molecule has 0 nitrogen and oxygen atoms in total. The molecule has 0 amide bonds. The van der Waals surface area contributed by atoms with E-state index in [-0.39, 0.29) is 4.28 Å². The van der Waals surface area contributed by atoms with Gasteiger partial charge >= 0.3 is 0 Å². The number of rotatable bonds is 8. The van der Waals surface area contributed by atoms with Crippen LogP contribution in [0.15, 0.2) is 243 Å². The second-order valence-electron chi connectivity index (χ2n) is 16.5. The predicted octanol–water partition coefficient (Wildman–Crippen LogP) is 7.60. The van der Waals surface area contributed by atoms with Crippen molar-refractivity contribution in [3.63, 3.8) is 0 Å². The van der Waals surface area contributed by atoms with Crippen LogP contribution in [0.25, 0.3) is 0 Å². The lowest BCUT2D eigenvalue weighted by Crippen LogP contribution is -2.89. The molecule has 282 valence electrons. The Labute approximate surface area is 348 Å². The molecule has 8 aromatic carbocycles. The smallest absolute Gasteiger partial charge is 0.0628 e. The Morgan fingerprint density at radius 1 is 0.241 bits per heavy atom. The van der Waals surface area contributed by atoms with Crippen molar-refractivity contribution in [2.45, 2.75) is 36.0 Å². The second kappa shape index (κ2) is 15.1. The van der Waals surface area contributed by atoms with Crippen LogP contribution >= 0.6 is 0 Å². The van der Waals surface area contributed by atoms with Crippen LogP contribution in [-0.2, 0) is 0 Å². The molecule has 0 aromatic heterocycles. The number of benzene rings is 8. The van der Waals surface area contributed by atoms with E-state index in [2.05, 4.69) is 243 Å². The lowest BCUT2D eigenvalue weighted by atomic mass is 10.2. The van der Waals surface area contributed by atoms with E-state index in [0.29, 0.717) is 0 Å². The van der Waals surface area contributed by atoms with Gasteiger partial charge in [-0.2, -0.15) is 0 Å². The Morgan fingerprint density at radius 3 is 0.759 bits per heavy atom. The molecule has 58 heavy (non-hydrogen) atoms. The van der Waals surface area contributed by atoms with E-state index >= 15 is 0 Å². The van der Waals surface area contributed by atoms with Gasteiger partial charge in [-0.3, -0.25) is 0 Å². The van der Waals surface area contributed by atoms with Crippen LogP contribution in [-0.4, -0.2) is 30.4 Å². The van der Waals surface area contributed by atoms with Gasteiger partial charge < -0.3 is 0 Å². The molecule has 0 atom stereocenters. The Bertz CT molecular complexity index is 2320. The van der Waals surface area contributed by atoms with Crippen LogP contribution in [0.2, 0.25) is 10.3 Å². The molecule has 4 heteroatoms. The van der Waals surface area contributed by atoms with Gasteiger partial charge in [0.2, 0.25) is 0 Å². The van der Waals surface area contributed by atoms with Crippen molar-refractivity contribution in [2.24, 2.45) is 0 Å². The van der Waals surface area contributed by atoms with Crippen LogP contribution < -0.4 is 41.5 Å². The maximum Gasteiger partial charge on any atom is 0.123 e. The maximum absolute atomic E-state index is 3.13. The second-order valence-corrected chi connectivity index (χ2v) is 41.4. The Morgan fingerprint density at radius 2 is 0.483 bits per heavy atom. The molecule has 0 N–H and O–H groups in total. The largest absolute Gasteiger partial charge is 0.123 e. The third-order valence-electron chi connectivity index (χ3n) is 14.4. The van der Waals surface area contributed by atoms with Gasteiger partial charge in [0.05, 0.1) is 0 Å². The molecule has 10 rings (SSSR count). The number of hydrogen-bond donors (Lipinski definition) is 0. The topological polar surface area (TPSA) is 0 Å². The molecule has 0 saturated carbocycles. The molecule has 0 radical (unpaired) electrons. The summed E-state index contributed by atoms with van der Waals surface area (Å²) in [4.78, 5) is 0. The van der Waals surface area contributed by atoms with Crippen molar-refractivity contribution in [2.75, 3.05) is 0 Å². The van der Waals surface area contributed by atoms with Crippen molar-refractivity contribution >= 4 is 71.9 Å². The van der Waals surface area contributed by atoms with Gasteiger partial charge in [0.1, 0.15) is 30.4 Å². The fourth-order valence-electron chi connectivity index (χ4n) is 13.1. The summed E-state index contributed by atoms with van der Waals surface area (Å²) in [5, 5.41) is 13.0. The summed E-state index contributed by atoms with van der Waals surface area (Å²) in [7, 11) is -11.8. The summed E-state index contributed by atoms with van der Waals surface area (Å²) in [6, 6.07) is 98.7.